The second kappa shape index (κ2) is 8.20. The first kappa shape index (κ1) is 19.7. The molecule has 0 fully saturated rings. The molecule has 0 heterocycles. The number of hydrogen-bond acceptors (Lipinski definition) is 6. The maximum atomic E-state index is 12.7. The van der Waals surface area contributed by atoms with E-state index in [-0.39, 0.29) is 17.0 Å². The van der Waals surface area contributed by atoms with Gasteiger partial charge < -0.3 is 14.2 Å². The number of methoxy groups -OCH3 is 3. The first-order valence-corrected chi connectivity index (χ1v) is 9.20. The Morgan fingerprint density at radius 2 is 1.77 bits per heavy atom. The molecule has 0 spiro atoms. The number of ether oxygens (including phenoxy) is 3. The molecule has 1 N–H and O–H groups in total. The van der Waals surface area contributed by atoms with Gasteiger partial charge in [-0.2, -0.15) is 0 Å². The molecule has 0 saturated heterocycles. The lowest BCUT2D eigenvalue weighted by atomic mass is 10.1. The van der Waals surface area contributed by atoms with E-state index in [4.69, 9.17) is 9.47 Å². The molecular weight excluding hydrogens is 358 g/mol. The summed E-state index contributed by atoms with van der Waals surface area (Å²) < 4.78 is 43.0. The Kier molecular flexibility index (Phi) is 6.23. The van der Waals surface area contributed by atoms with Crippen molar-refractivity contribution in [1.82, 2.24) is 4.72 Å². The smallest absolute Gasteiger partial charge is 0.337 e. The first-order valence-electron chi connectivity index (χ1n) is 7.72. The third kappa shape index (κ3) is 4.33. The molecule has 0 aliphatic heterocycles. The molecule has 8 heteroatoms. The fourth-order valence-corrected chi connectivity index (χ4v) is 3.68. The van der Waals surface area contributed by atoms with E-state index in [0.717, 1.165) is 0 Å². The Bertz CT molecular complexity index is 908. The summed E-state index contributed by atoms with van der Waals surface area (Å²) in [5, 5.41) is 0. The second-order valence-electron chi connectivity index (χ2n) is 5.47. The van der Waals surface area contributed by atoms with Crippen LogP contribution in [0.3, 0.4) is 0 Å². The zero-order valence-corrected chi connectivity index (χ0v) is 15.8. The van der Waals surface area contributed by atoms with Crippen LogP contribution in [0.15, 0.2) is 41.3 Å². The van der Waals surface area contributed by atoms with Crippen molar-refractivity contribution in [1.29, 1.82) is 0 Å². The third-order valence-electron chi connectivity index (χ3n) is 3.84. The van der Waals surface area contributed by atoms with Crippen LogP contribution >= 0.6 is 0 Å². The Hall–Kier alpha value is -2.58. The molecule has 26 heavy (non-hydrogen) atoms. The van der Waals surface area contributed by atoms with E-state index in [2.05, 4.69) is 9.46 Å². The van der Waals surface area contributed by atoms with E-state index in [1.165, 1.54) is 33.5 Å². The maximum Gasteiger partial charge on any atom is 0.337 e. The maximum absolute atomic E-state index is 12.7. The van der Waals surface area contributed by atoms with Crippen LogP contribution in [0.1, 0.15) is 21.5 Å². The monoisotopic (exact) mass is 379 g/mol. The topological polar surface area (TPSA) is 90.9 Å². The largest absolute Gasteiger partial charge is 0.497 e. The molecule has 2 aromatic carbocycles. The highest BCUT2D eigenvalue weighted by molar-refractivity contribution is 7.89. The number of carbonyl (C=O) groups is 1. The molecule has 0 amide bonds. The minimum atomic E-state index is -3.85. The van der Waals surface area contributed by atoms with Gasteiger partial charge in [-0.3, -0.25) is 0 Å². The van der Waals surface area contributed by atoms with Crippen molar-refractivity contribution in [2.45, 2.75) is 18.4 Å². The summed E-state index contributed by atoms with van der Waals surface area (Å²) in [5.41, 5.74) is 1.30. The minimum Gasteiger partial charge on any atom is -0.497 e. The van der Waals surface area contributed by atoms with Gasteiger partial charge in [0.1, 0.15) is 11.5 Å². The highest BCUT2D eigenvalue weighted by Gasteiger charge is 2.20. The lowest BCUT2D eigenvalue weighted by molar-refractivity contribution is 0.0600. The van der Waals surface area contributed by atoms with Crippen molar-refractivity contribution >= 4 is 16.0 Å². The number of hydrogen-bond donors (Lipinski definition) is 1. The van der Waals surface area contributed by atoms with Gasteiger partial charge in [0.25, 0.3) is 0 Å². The number of esters is 1. The second-order valence-corrected chi connectivity index (χ2v) is 7.21. The Morgan fingerprint density at radius 1 is 1.04 bits per heavy atom. The SMILES string of the molecule is COC(=O)c1ccc(C)c(S(=O)(=O)NCc2cc(OC)ccc2OC)c1. The van der Waals surface area contributed by atoms with Crippen molar-refractivity contribution in [3.63, 3.8) is 0 Å². The molecule has 2 aromatic rings. The summed E-state index contributed by atoms with van der Waals surface area (Å²) in [5.74, 6) is 0.522. The Labute approximate surface area is 152 Å². The molecule has 0 unspecified atom stereocenters. The predicted molar refractivity (Wildman–Crippen MR) is 96.1 cm³/mol. The standard InChI is InChI=1S/C18H21NO6S/c1-12-5-6-13(18(20)25-4)10-17(12)26(21,22)19-11-14-9-15(23-2)7-8-16(14)24-3/h5-10,19H,11H2,1-4H3. The van der Waals surface area contributed by atoms with E-state index in [9.17, 15) is 13.2 Å². The van der Waals surface area contributed by atoms with Gasteiger partial charge >= 0.3 is 5.97 Å². The van der Waals surface area contributed by atoms with E-state index < -0.39 is 16.0 Å². The molecule has 140 valence electrons. The summed E-state index contributed by atoms with van der Waals surface area (Å²) in [7, 11) is 0.417. The number of nitrogens with one attached hydrogen (secondary N) is 1. The van der Waals surface area contributed by atoms with Gasteiger partial charge in [0.2, 0.25) is 10.0 Å². The molecule has 0 radical (unpaired) electrons. The fraction of sp³-hybridized carbons (Fsp3) is 0.278. The van der Waals surface area contributed by atoms with Crippen molar-refractivity contribution in [3.8, 4) is 11.5 Å². The van der Waals surface area contributed by atoms with Crippen LogP contribution in [0.5, 0.6) is 11.5 Å². The van der Waals surface area contributed by atoms with Crippen LogP contribution in [0.25, 0.3) is 0 Å². The van der Waals surface area contributed by atoms with Gasteiger partial charge in [0.15, 0.2) is 0 Å². The normalized spacial score (nSPS) is 11.1. The minimum absolute atomic E-state index is 0.00456. The van der Waals surface area contributed by atoms with E-state index >= 15 is 0 Å². The van der Waals surface area contributed by atoms with Crippen molar-refractivity contribution in [2.75, 3.05) is 21.3 Å². The quantitative estimate of drug-likeness (QED) is 0.742. The zero-order chi connectivity index (χ0) is 19.3. The summed E-state index contributed by atoms with van der Waals surface area (Å²) in [4.78, 5) is 11.7. The third-order valence-corrected chi connectivity index (χ3v) is 5.38. The molecule has 0 bridgehead atoms. The number of carbonyl (C=O) groups excluding carboxylic acids is 1. The van der Waals surface area contributed by atoms with Crippen LogP contribution < -0.4 is 14.2 Å². The summed E-state index contributed by atoms with van der Waals surface area (Å²) >= 11 is 0. The number of sulfonamides is 1. The van der Waals surface area contributed by atoms with Gasteiger partial charge in [0.05, 0.1) is 31.8 Å². The summed E-state index contributed by atoms with van der Waals surface area (Å²) in [6.07, 6.45) is 0. The van der Waals surface area contributed by atoms with Crippen LogP contribution in [-0.4, -0.2) is 35.7 Å². The highest BCUT2D eigenvalue weighted by atomic mass is 32.2. The summed E-state index contributed by atoms with van der Waals surface area (Å²) in [6.45, 7) is 1.66. The lowest BCUT2D eigenvalue weighted by Crippen LogP contribution is -2.24. The lowest BCUT2D eigenvalue weighted by Gasteiger charge is -2.13. The van der Waals surface area contributed by atoms with Gasteiger partial charge in [-0.1, -0.05) is 6.07 Å². The zero-order valence-electron chi connectivity index (χ0n) is 15.0. The number of benzene rings is 2. The molecule has 0 aliphatic rings. The predicted octanol–water partition coefficient (Wildman–Crippen LogP) is 2.28. The Morgan fingerprint density at radius 3 is 2.38 bits per heavy atom. The van der Waals surface area contributed by atoms with E-state index in [1.807, 2.05) is 0 Å². The highest BCUT2D eigenvalue weighted by Crippen LogP contribution is 2.25. The van der Waals surface area contributed by atoms with E-state index in [1.54, 1.807) is 31.2 Å². The molecule has 0 saturated carbocycles. The van der Waals surface area contributed by atoms with Crippen LogP contribution in [-0.2, 0) is 21.3 Å². The van der Waals surface area contributed by atoms with Gasteiger partial charge in [-0.25, -0.2) is 17.9 Å². The van der Waals surface area contributed by atoms with Crippen molar-refractivity contribution in [2.24, 2.45) is 0 Å². The van der Waals surface area contributed by atoms with Crippen LogP contribution in [0.2, 0.25) is 0 Å². The Balaban J connectivity index is 2.31. The van der Waals surface area contributed by atoms with Crippen LogP contribution in [0, 0.1) is 6.92 Å². The molecule has 2 rings (SSSR count). The van der Waals surface area contributed by atoms with Gasteiger partial charge in [-0.15, -0.1) is 0 Å². The molecule has 0 aliphatic carbocycles. The first-order chi connectivity index (χ1) is 12.3. The van der Waals surface area contributed by atoms with E-state index in [0.29, 0.717) is 22.6 Å². The van der Waals surface area contributed by atoms with Crippen LogP contribution in [0.4, 0.5) is 0 Å². The number of rotatable bonds is 7. The summed E-state index contributed by atoms with van der Waals surface area (Å²) in [6, 6.07) is 9.50. The average Bonchev–Trinajstić information content (AvgIpc) is 2.65. The van der Waals surface area contributed by atoms with Crippen molar-refractivity contribution < 1.29 is 27.4 Å². The van der Waals surface area contributed by atoms with Gasteiger partial charge in [-0.05, 0) is 42.8 Å². The number of aryl methyl sites for hydroxylation is 1. The average molecular weight is 379 g/mol. The molecular formula is C18H21NO6S. The molecule has 0 atom stereocenters. The molecule has 0 aromatic heterocycles. The molecule has 7 nitrogen and oxygen atoms in total. The van der Waals surface area contributed by atoms with Gasteiger partial charge in [0, 0.05) is 12.1 Å². The van der Waals surface area contributed by atoms with Crippen molar-refractivity contribution in [3.05, 3.63) is 53.1 Å². The fourth-order valence-electron chi connectivity index (χ4n) is 2.41.